The standard InChI is InChI=1S/C20H32O4/c1-10-8-20(24)13(14(10)21)15(22)18(4)7-6-11-12(17(11,2)3)9-19(18,5)16(20)23/h10-15,21-22,24H,6-9H2,1-5H3/t10-,11+,12-,13-,14+,15-,18+,19-,20-/m1/s1. The summed E-state index contributed by atoms with van der Waals surface area (Å²) in [6.07, 6.45) is 1.16. The van der Waals surface area contributed by atoms with Gasteiger partial charge in [0.25, 0.3) is 0 Å². The number of Topliss-reactive ketones (excluding diaryl/α,β-unsaturated/α-hetero) is 1. The summed E-state index contributed by atoms with van der Waals surface area (Å²) in [5.41, 5.74) is -2.62. The molecule has 4 heteroatoms. The maximum absolute atomic E-state index is 13.6. The van der Waals surface area contributed by atoms with Crippen molar-refractivity contribution in [3.8, 4) is 0 Å². The first kappa shape index (κ1) is 17.0. The second kappa shape index (κ2) is 4.44. The van der Waals surface area contributed by atoms with Gasteiger partial charge < -0.3 is 15.3 Å². The van der Waals surface area contributed by atoms with E-state index in [0.717, 1.165) is 19.3 Å². The van der Waals surface area contributed by atoms with E-state index in [-0.39, 0.29) is 23.5 Å². The van der Waals surface area contributed by atoms with E-state index in [1.54, 1.807) is 0 Å². The van der Waals surface area contributed by atoms with Crippen LogP contribution in [0.15, 0.2) is 0 Å². The Balaban J connectivity index is 1.82. The number of hydrogen-bond acceptors (Lipinski definition) is 4. The van der Waals surface area contributed by atoms with Crippen molar-refractivity contribution in [2.45, 2.75) is 78.1 Å². The highest BCUT2D eigenvalue weighted by Crippen LogP contribution is 2.72. The van der Waals surface area contributed by atoms with Gasteiger partial charge in [0, 0.05) is 16.7 Å². The summed E-state index contributed by atoms with van der Waals surface area (Å²) < 4.78 is 0. The highest BCUT2D eigenvalue weighted by atomic mass is 16.3. The average molecular weight is 336 g/mol. The number of carbonyl (C=O) groups excluding carboxylic acids is 1. The number of aliphatic hydroxyl groups excluding tert-OH is 2. The summed E-state index contributed by atoms with van der Waals surface area (Å²) in [7, 11) is 0. The topological polar surface area (TPSA) is 77.8 Å². The van der Waals surface area contributed by atoms with Crippen LogP contribution in [0.5, 0.6) is 0 Å². The van der Waals surface area contributed by atoms with Gasteiger partial charge >= 0.3 is 0 Å². The van der Waals surface area contributed by atoms with Crippen molar-refractivity contribution >= 4 is 5.78 Å². The molecule has 0 aromatic carbocycles. The molecule has 9 atom stereocenters. The Labute approximate surface area is 144 Å². The lowest BCUT2D eigenvalue weighted by molar-refractivity contribution is -0.213. The van der Waals surface area contributed by atoms with Crippen LogP contribution in [0, 0.1) is 39.9 Å². The molecule has 0 bridgehead atoms. The molecule has 0 aromatic heterocycles. The third-order valence-electron chi connectivity index (χ3n) is 9.17. The summed E-state index contributed by atoms with van der Waals surface area (Å²) in [4.78, 5) is 13.6. The van der Waals surface area contributed by atoms with Crippen LogP contribution in [-0.4, -0.2) is 38.9 Å². The summed E-state index contributed by atoms with van der Waals surface area (Å²) in [5, 5.41) is 33.1. The Hall–Kier alpha value is -0.450. The van der Waals surface area contributed by atoms with Gasteiger partial charge in [-0.25, -0.2) is 0 Å². The summed E-state index contributed by atoms with van der Waals surface area (Å²) >= 11 is 0. The Morgan fingerprint density at radius 2 is 1.67 bits per heavy atom. The molecule has 0 amide bonds. The monoisotopic (exact) mass is 336 g/mol. The van der Waals surface area contributed by atoms with Gasteiger partial charge in [-0.2, -0.15) is 0 Å². The van der Waals surface area contributed by atoms with Crippen LogP contribution in [0.1, 0.15) is 60.3 Å². The molecule has 0 unspecified atom stereocenters. The summed E-state index contributed by atoms with van der Waals surface area (Å²) in [6.45, 7) is 10.4. The predicted molar refractivity (Wildman–Crippen MR) is 90.1 cm³/mol. The smallest absolute Gasteiger partial charge is 0.171 e. The molecular weight excluding hydrogens is 304 g/mol. The van der Waals surface area contributed by atoms with Crippen LogP contribution in [0.25, 0.3) is 0 Å². The van der Waals surface area contributed by atoms with Gasteiger partial charge in [0.1, 0.15) is 5.60 Å². The fourth-order valence-corrected chi connectivity index (χ4v) is 7.02. The fraction of sp³-hybridized carbons (Fsp3) is 0.950. The first-order valence-corrected chi connectivity index (χ1v) is 9.54. The molecule has 4 saturated carbocycles. The fourth-order valence-electron chi connectivity index (χ4n) is 7.02. The quantitative estimate of drug-likeness (QED) is 0.633. The third-order valence-corrected chi connectivity index (χ3v) is 9.17. The number of hydrogen-bond donors (Lipinski definition) is 3. The highest BCUT2D eigenvalue weighted by Gasteiger charge is 2.75. The van der Waals surface area contributed by atoms with E-state index >= 15 is 0 Å². The Bertz CT molecular complexity index is 600. The van der Waals surface area contributed by atoms with Crippen molar-refractivity contribution in [3.63, 3.8) is 0 Å². The summed E-state index contributed by atoms with van der Waals surface area (Å²) in [5.74, 6) is 0.0535. The van der Waals surface area contributed by atoms with Crippen molar-refractivity contribution in [2.75, 3.05) is 0 Å². The zero-order valence-corrected chi connectivity index (χ0v) is 15.5. The maximum atomic E-state index is 13.6. The van der Waals surface area contributed by atoms with Gasteiger partial charge in [-0.3, -0.25) is 4.79 Å². The molecule has 24 heavy (non-hydrogen) atoms. The average Bonchev–Trinajstić information content (AvgIpc) is 2.95. The number of ketones is 1. The van der Waals surface area contributed by atoms with Crippen LogP contribution in [0.3, 0.4) is 0 Å². The molecule has 0 radical (unpaired) electrons. The minimum absolute atomic E-state index is 0.125. The van der Waals surface area contributed by atoms with Crippen LogP contribution < -0.4 is 0 Å². The normalized spacial score (nSPS) is 61.6. The largest absolute Gasteiger partial charge is 0.392 e. The van der Waals surface area contributed by atoms with Crippen molar-refractivity contribution < 1.29 is 20.1 Å². The molecule has 4 fully saturated rings. The molecule has 4 nitrogen and oxygen atoms in total. The van der Waals surface area contributed by atoms with E-state index in [1.807, 2.05) is 20.8 Å². The van der Waals surface area contributed by atoms with Crippen LogP contribution in [0.2, 0.25) is 0 Å². The van der Waals surface area contributed by atoms with Gasteiger partial charge in [0.2, 0.25) is 0 Å². The van der Waals surface area contributed by atoms with Crippen LogP contribution in [-0.2, 0) is 4.79 Å². The molecule has 0 aromatic rings. The van der Waals surface area contributed by atoms with Gasteiger partial charge in [0.15, 0.2) is 5.78 Å². The molecule has 0 heterocycles. The first-order chi connectivity index (χ1) is 10.9. The lowest BCUT2D eigenvalue weighted by atomic mass is 9.47. The number of aliphatic hydroxyl groups is 3. The van der Waals surface area contributed by atoms with E-state index in [2.05, 4.69) is 13.8 Å². The number of carbonyl (C=O) groups is 1. The van der Waals surface area contributed by atoms with Crippen LogP contribution >= 0.6 is 0 Å². The second-order valence-corrected chi connectivity index (χ2v) is 10.4. The minimum Gasteiger partial charge on any atom is -0.392 e. The van der Waals surface area contributed by atoms with Crippen LogP contribution in [0.4, 0.5) is 0 Å². The van der Waals surface area contributed by atoms with E-state index in [1.165, 1.54) is 0 Å². The molecule has 0 spiro atoms. The lowest BCUT2D eigenvalue weighted by Crippen LogP contribution is -2.69. The first-order valence-electron chi connectivity index (χ1n) is 9.54. The molecule has 136 valence electrons. The number of rotatable bonds is 0. The third kappa shape index (κ3) is 1.64. The van der Waals surface area contributed by atoms with E-state index in [0.29, 0.717) is 11.8 Å². The number of fused-ring (bicyclic) bond motifs is 3. The molecular formula is C20H32O4. The van der Waals surface area contributed by atoms with E-state index < -0.39 is 34.6 Å². The van der Waals surface area contributed by atoms with Gasteiger partial charge in [-0.15, -0.1) is 0 Å². The highest BCUT2D eigenvalue weighted by molar-refractivity contribution is 5.95. The predicted octanol–water partition coefficient (Wildman–Crippen LogP) is 2.15. The van der Waals surface area contributed by atoms with Crippen molar-refractivity contribution in [1.82, 2.24) is 0 Å². The Morgan fingerprint density at radius 3 is 2.29 bits per heavy atom. The Morgan fingerprint density at radius 1 is 1.04 bits per heavy atom. The SMILES string of the molecule is C[C@@H]1C[C@]2(O)C(=O)[C@@]3(C)C[C@@H]4[C@H](CC[C@@]3(C)[C@H](O)[C@H]2[C@H]1O)C4(C)C. The van der Waals surface area contributed by atoms with Gasteiger partial charge in [-0.05, 0) is 48.9 Å². The molecule has 4 aliphatic carbocycles. The molecule has 0 aliphatic heterocycles. The van der Waals surface area contributed by atoms with E-state index in [4.69, 9.17) is 0 Å². The van der Waals surface area contributed by atoms with Crippen molar-refractivity contribution in [3.05, 3.63) is 0 Å². The van der Waals surface area contributed by atoms with Gasteiger partial charge in [-0.1, -0.05) is 34.6 Å². The summed E-state index contributed by atoms with van der Waals surface area (Å²) in [6, 6.07) is 0. The second-order valence-electron chi connectivity index (χ2n) is 10.4. The van der Waals surface area contributed by atoms with Crippen molar-refractivity contribution in [2.24, 2.45) is 39.9 Å². The zero-order valence-electron chi connectivity index (χ0n) is 15.5. The molecule has 0 saturated heterocycles. The zero-order chi connectivity index (χ0) is 17.9. The maximum Gasteiger partial charge on any atom is 0.171 e. The van der Waals surface area contributed by atoms with Crippen molar-refractivity contribution in [1.29, 1.82) is 0 Å². The lowest BCUT2D eigenvalue weighted by Gasteiger charge is -2.58. The molecule has 4 aliphatic rings. The molecule has 3 N–H and O–H groups in total. The molecule has 4 rings (SSSR count). The van der Waals surface area contributed by atoms with E-state index in [9.17, 15) is 20.1 Å². The Kier molecular flexibility index (Phi) is 3.14. The van der Waals surface area contributed by atoms with Gasteiger partial charge in [0.05, 0.1) is 12.2 Å². The minimum atomic E-state index is -1.58.